The van der Waals surface area contributed by atoms with Gasteiger partial charge >= 0.3 is 11.9 Å². The maximum atomic E-state index is 14.6. The molecular formula is C31H35NO8. The largest absolute Gasteiger partial charge is 0.496 e. The SMILES string of the molecule is CCOC(=O)C1=C(C)N=C2C[C@H](c3ccccc3OC)[C@H](C(=O)OCC)C(=O)C2[C@@H]1c1cccc(OC)c1OC. The molecule has 0 saturated heterocycles. The molecule has 0 aromatic heterocycles. The van der Waals surface area contributed by atoms with Crippen molar-refractivity contribution in [1.82, 2.24) is 0 Å². The van der Waals surface area contributed by atoms with Gasteiger partial charge in [0.2, 0.25) is 0 Å². The molecule has 1 aliphatic heterocycles. The van der Waals surface area contributed by atoms with E-state index in [1.54, 1.807) is 52.1 Å². The molecule has 212 valence electrons. The van der Waals surface area contributed by atoms with Gasteiger partial charge in [-0.05, 0) is 44.9 Å². The van der Waals surface area contributed by atoms with Gasteiger partial charge in [0.25, 0.3) is 0 Å². The number of esters is 2. The van der Waals surface area contributed by atoms with Gasteiger partial charge in [-0.15, -0.1) is 0 Å². The molecule has 0 bridgehead atoms. The fourth-order valence-electron chi connectivity index (χ4n) is 5.92. The smallest absolute Gasteiger partial charge is 0.336 e. The number of para-hydroxylation sites is 2. The predicted octanol–water partition coefficient (Wildman–Crippen LogP) is 4.64. The number of fused-ring (bicyclic) bond motifs is 1. The van der Waals surface area contributed by atoms with Crippen LogP contribution < -0.4 is 14.2 Å². The quantitative estimate of drug-likeness (QED) is 0.329. The van der Waals surface area contributed by atoms with E-state index in [0.29, 0.717) is 39.8 Å². The Morgan fingerprint density at radius 2 is 1.50 bits per heavy atom. The van der Waals surface area contributed by atoms with Crippen LogP contribution in [-0.4, -0.2) is 58.0 Å². The average molecular weight is 550 g/mol. The van der Waals surface area contributed by atoms with Crippen molar-refractivity contribution in [3.63, 3.8) is 0 Å². The van der Waals surface area contributed by atoms with Gasteiger partial charge in [0.05, 0.1) is 46.0 Å². The summed E-state index contributed by atoms with van der Waals surface area (Å²) < 4.78 is 27.7. The summed E-state index contributed by atoms with van der Waals surface area (Å²) in [5.41, 5.74) is 2.54. The maximum absolute atomic E-state index is 14.6. The molecular weight excluding hydrogens is 514 g/mol. The minimum atomic E-state index is -1.14. The number of methoxy groups -OCH3 is 3. The average Bonchev–Trinajstić information content (AvgIpc) is 2.95. The summed E-state index contributed by atoms with van der Waals surface area (Å²) in [6, 6.07) is 12.6. The highest BCUT2D eigenvalue weighted by atomic mass is 16.5. The number of rotatable bonds is 9. The van der Waals surface area contributed by atoms with E-state index in [4.69, 9.17) is 28.7 Å². The lowest BCUT2D eigenvalue weighted by Gasteiger charge is -2.41. The van der Waals surface area contributed by atoms with Crippen LogP contribution in [0.1, 0.15) is 50.2 Å². The summed E-state index contributed by atoms with van der Waals surface area (Å²) in [6.07, 6.45) is 0.288. The molecule has 0 amide bonds. The topological polar surface area (TPSA) is 110 Å². The highest BCUT2D eigenvalue weighted by molar-refractivity contribution is 6.18. The molecule has 1 unspecified atom stereocenters. The van der Waals surface area contributed by atoms with Crippen LogP contribution >= 0.6 is 0 Å². The van der Waals surface area contributed by atoms with E-state index in [0.717, 1.165) is 0 Å². The van der Waals surface area contributed by atoms with Crippen molar-refractivity contribution in [3.8, 4) is 17.2 Å². The molecule has 2 aromatic carbocycles. The molecule has 2 aliphatic rings. The molecule has 0 radical (unpaired) electrons. The molecule has 1 saturated carbocycles. The maximum Gasteiger partial charge on any atom is 0.336 e. The number of nitrogens with zero attached hydrogens (tertiary/aromatic N) is 1. The summed E-state index contributed by atoms with van der Waals surface area (Å²) in [7, 11) is 4.57. The van der Waals surface area contributed by atoms with Crippen LogP contribution in [0.15, 0.2) is 58.7 Å². The molecule has 9 nitrogen and oxygen atoms in total. The van der Waals surface area contributed by atoms with Gasteiger partial charge in [0.15, 0.2) is 17.3 Å². The molecule has 1 aliphatic carbocycles. The number of ether oxygens (including phenoxy) is 5. The van der Waals surface area contributed by atoms with Crippen LogP contribution in [0.25, 0.3) is 0 Å². The van der Waals surface area contributed by atoms with Gasteiger partial charge in [-0.25, -0.2) is 4.79 Å². The van der Waals surface area contributed by atoms with E-state index in [1.165, 1.54) is 14.2 Å². The summed E-state index contributed by atoms with van der Waals surface area (Å²) in [6.45, 7) is 5.41. The zero-order valence-electron chi connectivity index (χ0n) is 23.7. The molecule has 2 aromatic rings. The number of benzene rings is 2. The first-order valence-electron chi connectivity index (χ1n) is 13.3. The summed E-state index contributed by atoms with van der Waals surface area (Å²) >= 11 is 0. The number of carbonyl (C=O) groups is 3. The number of ketones is 1. The van der Waals surface area contributed by atoms with E-state index in [1.807, 2.05) is 18.2 Å². The van der Waals surface area contributed by atoms with Crippen LogP contribution in [-0.2, 0) is 23.9 Å². The minimum Gasteiger partial charge on any atom is -0.496 e. The molecule has 0 spiro atoms. The van der Waals surface area contributed by atoms with E-state index in [2.05, 4.69) is 0 Å². The Kier molecular flexibility index (Phi) is 8.92. The van der Waals surface area contributed by atoms with E-state index >= 15 is 0 Å². The Hall–Kier alpha value is -4.14. The van der Waals surface area contributed by atoms with Crippen molar-refractivity contribution in [3.05, 3.63) is 64.9 Å². The van der Waals surface area contributed by atoms with Gasteiger partial charge in [-0.3, -0.25) is 14.6 Å². The van der Waals surface area contributed by atoms with Gasteiger partial charge in [0.1, 0.15) is 11.7 Å². The predicted molar refractivity (Wildman–Crippen MR) is 148 cm³/mol. The Morgan fingerprint density at radius 3 is 2.15 bits per heavy atom. The Morgan fingerprint density at radius 1 is 0.850 bits per heavy atom. The molecule has 40 heavy (non-hydrogen) atoms. The lowest BCUT2D eigenvalue weighted by Crippen LogP contribution is -2.49. The number of Topliss-reactive ketones (excluding diaryl/α,β-unsaturated/α-hetero) is 1. The highest BCUT2D eigenvalue weighted by Gasteiger charge is 2.54. The number of hydrogen-bond acceptors (Lipinski definition) is 9. The minimum absolute atomic E-state index is 0.118. The van der Waals surface area contributed by atoms with Crippen LogP contribution in [0.4, 0.5) is 0 Å². The van der Waals surface area contributed by atoms with Crippen molar-refractivity contribution < 1.29 is 38.1 Å². The summed E-state index contributed by atoms with van der Waals surface area (Å²) in [4.78, 5) is 46.2. The number of hydrogen-bond donors (Lipinski definition) is 0. The lowest BCUT2D eigenvalue weighted by atomic mass is 9.62. The fraction of sp³-hybridized carbons (Fsp3) is 0.419. The standard InChI is InChI=1S/C31H35NO8/c1-7-39-30(34)24-17(3)32-21-16-20(18-12-9-10-14-22(18)36-4)26(31(35)40-8-2)28(33)27(21)25(24)19-13-11-15-23(37-5)29(19)38-6/h9-15,20,25-27H,7-8,16H2,1-6H3/t20-,25-,26+,27?/m1/s1. The van der Waals surface area contributed by atoms with E-state index < -0.39 is 35.6 Å². The molecule has 4 rings (SSSR count). The first-order chi connectivity index (χ1) is 19.3. The van der Waals surface area contributed by atoms with Crippen LogP contribution in [0.3, 0.4) is 0 Å². The van der Waals surface area contributed by atoms with Crippen LogP contribution in [0, 0.1) is 11.8 Å². The second-order valence-electron chi connectivity index (χ2n) is 9.55. The monoisotopic (exact) mass is 549 g/mol. The van der Waals surface area contributed by atoms with Gasteiger partial charge in [-0.2, -0.15) is 0 Å². The number of aliphatic imine (C=N–C) groups is 1. The van der Waals surface area contributed by atoms with Crippen molar-refractivity contribution >= 4 is 23.4 Å². The summed E-state index contributed by atoms with van der Waals surface area (Å²) in [5, 5.41) is 0. The third kappa shape index (κ3) is 5.08. The first kappa shape index (κ1) is 28.9. The first-order valence-corrected chi connectivity index (χ1v) is 13.3. The normalized spacial score (nSPS) is 22.1. The van der Waals surface area contributed by atoms with Gasteiger partial charge in [0, 0.05) is 28.8 Å². The zero-order chi connectivity index (χ0) is 29.0. The Balaban J connectivity index is 1.97. The number of allylic oxidation sites excluding steroid dienone is 1. The van der Waals surface area contributed by atoms with Gasteiger partial charge in [-0.1, -0.05) is 30.3 Å². The van der Waals surface area contributed by atoms with E-state index in [-0.39, 0.29) is 31.0 Å². The summed E-state index contributed by atoms with van der Waals surface area (Å²) in [5.74, 6) is -3.64. The molecule has 1 heterocycles. The van der Waals surface area contributed by atoms with Crippen LogP contribution in [0.2, 0.25) is 0 Å². The molecule has 0 N–H and O–H groups in total. The molecule has 1 fully saturated rings. The lowest BCUT2D eigenvalue weighted by molar-refractivity contribution is -0.153. The van der Waals surface area contributed by atoms with Crippen molar-refractivity contribution in [2.24, 2.45) is 16.8 Å². The number of carbonyl (C=O) groups excluding carboxylic acids is 3. The second kappa shape index (κ2) is 12.4. The van der Waals surface area contributed by atoms with E-state index in [9.17, 15) is 14.4 Å². The zero-order valence-corrected chi connectivity index (χ0v) is 23.7. The highest BCUT2D eigenvalue weighted by Crippen LogP contribution is 2.52. The third-order valence-electron chi connectivity index (χ3n) is 7.49. The van der Waals surface area contributed by atoms with Crippen molar-refractivity contribution in [2.75, 3.05) is 34.5 Å². The molecule has 4 atom stereocenters. The second-order valence-corrected chi connectivity index (χ2v) is 9.55. The third-order valence-corrected chi connectivity index (χ3v) is 7.49. The van der Waals surface area contributed by atoms with Crippen molar-refractivity contribution in [1.29, 1.82) is 0 Å². The van der Waals surface area contributed by atoms with Crippen molar-refractivity contribution in [2.45, 2.75) is 39.0 Å². The fourth-order valence-corrected chi connectivity index (χ4v) is 5.92. The Labute approximate surface area is 234 Å². The molecule has 9 heteroatoms. The Bertz CT molecular complexity index is 1360. The van der Waals surface area contributed by atoms with Crippen LogP contribution in [0.5, 0.6) is 17.2 Å². The van der Waals surface area contributed by atoms with Gasteiger partial charge < -0.3 is 23.7 Å².